The van der Waals surface area contributed by atoms with Gasteiger partial charge in [0.15, 0.2) is 0 Å². The molecule has 0 atom stereocenters. The molecule has 0 aliphatic rings. The molecule has 6 nitrogen and oxygen atoms in total. The summed E-state index contributed by atoms with van der Waals surface area (Å²) in [6.07, 6.45) is -2.21. The van der Waals surface area contributed by atoms with E-state index in [1.807, 2.05) is 0 Å². The van der Waals surface area contributed by atoms with E-state index < -0.39 is 23.3 Å². The number of aromatic nitrogens is 4. The second-order valence-corrected chi connectivity index (χ2v) is 6.71. The number of amides is 1. The molecule has 1 amide bonds. The molecule has 3 aromatic rings. The van der Waals surface area contributed by atoms with E-state index in [9.17, 15) is 18.0 Å². The fourth-order valence-electron chi connectivity index (χ4n) is 2.16. The molecule has 0 radical (unpaired) electrons. The van der Waals surface area contributed by atoms with E-state index in [0.29, 0.717) is 0 Å². The number of rotatable bonds is 3. The molecule has 0 aliphatic heterocycles. The summed E-state index contributed by atoms with van der Waals surface area (Å²) in [7, 11) is 0. The van der Waals surface area contributed by atoms with Gasteiger partial charge < -0.3 is 5.32 Å². The average molecular weight is 471 g/mol. The molecule has 13 heteroatoms. The number of pyridine rings is 1. The van der Waals surface area contributed by atoms with Crippen molar-refractivity contribution >= 4 is 58.0 Å². The van der Waals surface area contributed by atoms with Crippen molar-refractivity contribution in [3.8, 4) is 5.69 Å². The van der Waals surface area contributed by atoms with Crippen LogP contribution >= 0.6 is 46.4 Å². The summed E-state index contributed by atoms with van der Waals surface area (Å²) in [6.45, 7) is 0. The molecule has 2 heterocycles. The van der Waals surface area contributed by atoms with Crippen LogP contribution in [0.4, 0.5) is 18.9 Å². The third-order valence-electron chi connectivity index (χ3n) is 3.44. The van der Waals surface area contributed by atoms with Crippen LogP contribution in [0.5, 0.6) is 0 Å². The van der Waals surface area contributed by atoms with E-state index >= 15 is 0 Å². The van der Waals surface area contributed by atoms with Crippen LogP contribution in [0.1, 0.15) is 16.1 Å². The zero-order valence-electron chi connectivity index (χ0n) is 13.2. The van der Waals surface area contributed by atoms with Crippen LogP contribution in [0, 0.1) is 0 Å². The van der Waals surface area contributed by atoms with Crippen LogP contribution < -0.4 is 5.32 Å². The number of benzene rings is 1. The van der Waals surface area contributed by atoms with Crippen molar-refractivity contribution in [2.24, 2.45) is 0 Å². The van der Waals surface area contributed by atoms with E-state index in [0.717, 1.165) is 18.2 Å². The van der Waals surface area contributed by atoms with Crippen LogP contribution in [0.25, 0.3) is 5.69 Å². The Morgan fingerprint density at radius 3 is 2.39 bits per heavy atom. The van der Waals surface area contributed by atoms with Crippen LogP contribution in [0.15, 0.2) is 30.9 Å². The highest BCUT2D eigenvalue weighted by Crippen LogP contribution is 2.37. The number of carbonyl (C=O) groups is 1. The van der Waals surface area contributed by atoms with Gasteiger partial charge in [-0.05, 0) is 18.2 Å². The third-order valence-corrected chi connectivity index (χ3v) is 5.11. The zero-order valence-corrected chi connectivity index (χ0v) is 16.3. The largest absolute Gasteiger partial charge is 0.416 e. The lowest BCUT2D eigenvalue weighted by molar-refractivity contribution is -0.137. The van der Waals surface area contributed by atoms with Crippen molar-refractivity contribution in [1.29, 1.82) is 0 Å². The van der Waals surface area contributed by atoms with Crippen LogP contribution in [0.3, 0.4) is 0 Å². The highest BCUT2D eigenvalue weighted by atomic mass is 35.5. The van der Waals surface area contributed by atoms with Gasteiger partial charge in [-0.3, -0.25) is 4.79 Å². The Hall–Kier alpha value is -2.07. The number of nitrogens with one attached hydrogen (secondary N) is 1. The minimum absolute atomic E-state index is 0.126. The summed E-state index contributed by atoms with van der Waals surface area (Å²) in [5.41, 5.74) is -1.49. The number of hydrogen-bond donors (Lipinski definition) is 1. The molecule has 1 N–H and O–H groups in total. The molecule has 0 saturated heterocycles. The molecule has 0 aliphatic carbocycles. The summed E-state index contributed by atoms with van der Waals surface area (Å²) in [5.74, 6) is -0.953. The summed E-state index contributed by atoms with van der Waals surface area (Å²) in [4.78, 5) is 20.1. The molecule has 2 aromatic heterocycles. The van der Waals surface area contributed by atoms with Crippen molar-refractivity contribution in [2.75, 3.05) is 5.32 Å². The van der Waals surface area contributed by atoms with E-state index in [1.165, 1.54) is 17.3 Å². The molecule has 146 valence electrons. The SMILES string of the molecule is O=C(Nc1cc(C(F)(F)F)ccc1-n1cncn1)c1nc(Cl)c(Cl)c(Cl)c1Cl. The van der Waals surface area contributed by atoms with Gasteiger partial charge in [-0.1, -0.05) is 46.4 Å². The van der Waals surface area contributed by atoms with E-state index in [2.05, 4.69) is 20.4 Å². The minimum Gasteiger partial charge on any atom is -0.319 e. The fourth-order valence-corrected chi connectivity index (χ4v) is 2.98. The monoisotopic (exact) mass is 469 g/mol. The van der Waals surface area contributed by atoms with Gasteiger partial charge in [0.2, 0.25) is 0 Å². The van der Waals surface area contributed by atoms with Gasteiger partial charge >= 0.3 is 6.18 Å². The number of halogens is 7. The molecule has 1 aromatic carbocycles. The van der Waals surface area contributed by atoms with Gasteiger partial charge in [0.05, 0.1) is 32.0 Å². The van der Waals surface area contributed by atoms with Gasteiger partial charge in [-0.2, -0.15) is 18.3 Å². The second-order valence-electron chi connectivity index (χ2n) is 5.22. The molecule has 0 fully saturated rings. The lowest BCUT2D eigenvalue weighted by atomic mass is 10.1. The predicted octanol–water partition coefficient (Wildman–Crippen LogP) is 5.55. The molecule has 3 rings (SSSR count). The van der Waals surface area contributed by atoms with Gasteiger partial charge in [-0.15, -0.1) is 0 Å². The van der Waals surface area contributed by atoms with Gasteiger partial charge in [-0.25, -0.2) is 14.6 Å². The number of alkyl halides is 3. The minimum atomic E-state index is -4.64. The summed E-state index contributed by atoms with van der Waals surface area (Å²) in [5, 5.41) is 5.19. The number of carbonyl (C=O) groups excluding carboxylic acids is 1. The molecule has 0 bridgehead atoms. The Balaban J connectivity index is 2.07. The summed E-state index contributed by atoms with van der Waals surface area (Å²) >= 11 is 23.5. The summed E-state index contributed by atoms with van der Waals surface area (Å²) < 4.78 is 40.4. The lowest BCUT2D eigenvalue weighted by Gasteiger charge is -2.15. The Morgan fingerprint density at radius 2 is 1.79 bits per heavy atom. The zero-order chi connectivity index (χ0) is 20.6. The molecule has 28 heavy (non-hydrogen) atoms. The van der Waals surface area contributed by atoms with Crippen LogP contribution in [-0.2, 0) is 6.18 Å². The quantitative estimate of drug-likeness (QED) is 0.509. The van der Waals surface area contributed by atoms with Crippen molar-refractivity contribution in [1.82, 2.24) is 19.7 Å². The highest BCUT2D eigenvalue weighted by Gasteiger charge is 2.32. The van der Waals surface area contributed by atoms with Gasteiger partial charge in [0.1, 0.15) is 23.5 Å². The normalized spacial score (nSPS) is 11.5. The van der Waals surface area contributed by atoms with E-state index in [4.69, 9.17) is 46.4 Å². The van der Waals surface area contributed by atoms with Crippen molar-refractivity contribution in [3.05, 3.63) is 62.3 Å². The Bertz CT molecular complexity index is 1060. The lowest BCUT2D eigenvalue weighted by Crippen LogP contribution is -2.17. The van der Waals surface area contributed by atoms with Gasteiger partial charge in [0, 0.05) is 0 Å². The molecule has 0 unspecified atom stereocenters. The average Bonchev–Trinajstić information content (AvgIpc) is 3.16. The Morgan fingerprint density at radius 1 is 1.07 bits per heavy atom. The standard InChI is InChI=1S/C15H6Cl4F3N5O/c16-9-10(17)12(26-13(19)11(9)18)14(28)25-7-3-6(15(20,21)22)1-2-8(7)27-5-23-4-24-27/h1-5H,(H,25,28). The molecular weight excluding hydrogens is 465 g/mol. The Labute approximate surface area is 175 Å². The van der Waals surface area contributed by atoms with E-state index in [1.54, 1.807) is 0 Å². The van der Waals surface area contributed by atoms with Gasteiger partial charge in [0.25, 0.3) is 5.91 Å². The number of anilines is 1. The number of hydrogen-bond acceptors (Lipinski definition) is 4. The summed E-state index contributed by atoms with van der Waals surface area (Å²) in [6, 6.07) is 2.71. The smallest absolute Gasteiger partial charge is 0.319 e. The maximum absolute atomic E-state index is 13.1. The molecule has 0 saturated carbocycles. The van der Waals surface area contributed by atoms with Crippen molar-refractivity contribution in [3.63, 3.8) is 0 Å². The second kappa shape index (κ2) is 7.75. The first-order valence-corrected chi connectivity index (χ1v) is 8.68. The first kappa shape index (κ1) is 20.7. The topological polar surface area (TPSA) is 72.7 Å². The third kappa shape index (κ3) is 4.02. The van der Waals surface area contributed by atoms with Crippen LogP contribution in [0.2, 0.25) is 20.2 Å². The van der Waals surface area contributed by atoms with E-state index in [-0.39, 0.29) is 31.6 Å². The Kier molecular flexibility index (Phi) is 5.72. The first-order chi connectivity index (χ1) is 13.1. The first-order valence-electron chi connectivity index (χ1n) is 7.17. The highest BCUT2D eigenvalue weighted by molar-refractivity contribution is 6.52. The molecular formula is C15H6Cl4F3N5O. The predicted molar refractivity (Wildman–Crippen MR) is 98.6 cm³/mol. The van der Waals surface area contributed by atoms with Crippen molar-refractivity contribution in [2.45, 2.75) is 6.18 Å². The van der Waals surface area contributed by atoms with Crippen molar-refractivity contribution < 1.29 is 18.0 Å². The van der Waals surface area contributed by atoms with Crippen LogP contribution in [-0.4, -0.2) is 25.7 Å². The molecule has 0 spiro atoms. The maximum atomic E-state index is 13.1. The maximum Gasteiger partial charge on any atom is 0.416 e. The number of nitrogens with zero attached hydrogens (tertiary/aromatic N) is 4. The fraction of sp³-hybridized carbons (Fsp3) is 0.0667.